The summed E-state index contributed by atoms with van der Waals surface area (Å²) in [7, 11) is 0. The third-order valence-corrected chi connectivity index (χ3v) is 3.75. The van der Waals surface area contributed by atoms with E-state index in [-0.39, 0.29) is 18.1 Å². The van der Waals surface area contributed by atoms with E-state index in [1.165, 1.54) is 0 Å². The number of carboxylic acids is 1. The molecule has 0 aliphatic rings. The van der Waals surface area contributed by atoms with Crippen molar-refractivity contribution in [2.45, 2.75) is 53.7 Å². The molecule has 0 heterocycles. The van der Waals surface area contributed by atoms with Crippen LogP contribution in [0.25, 0.3) is 0 Å². The van der Waals surface area contributed by atoms with Crippen LogP contribution in [0.4, 0.5) is 0 Å². The largest absolute Gasteiger partial charge is 0.478 e. The second kappa shape index (κ2) is 7.50. The molecular formula is C19H25NO4. The maximum Gasteiger partial charge on any atom is 0.336 e. The topological polar surface area (TPSA) is 75.6 Å². The van der Waals surface area contributed by atoms with E-state index >= 15 is 0 Å². The Morgan fingerprint density at radius 2 is 1.75 bits per heavy atom. The molecular weight excluding hydrogens is 306 g/mol. The first-order valence-corrected chi connectivity index (χ1v) is 7.74. The van der Waals surface area contributed by atoms with Gasteiger partial charge in [0.25, 0.3) is 0 Å². The van der Waals surface area contributed by atoms with Crippen LogP contribution in [-0.2, 0) is 16.1 Å². The number of hydrogen-bond acceptors (Lipinski definition) is 4. The van der Waals surface area contributed by atoms with E-state index < -0.39 is 11.6 Å². The van der Waals surface area contributed by atoms with Crippen molar-refractivity contribution in [3.8, 4) is 12.3 Å². The number of benzene rings is 1. The zero-order valence-corrected chi connectivity index (χ0v) is 15.2. The van der Waals surface area contributed by atoms with Crippen molar-refractivity contribution in [2.75, 3.05) is 6.54 Å². The predicted octanol–water partition coefficient (Wildman–Crippen LogP) is 2.72. The fraction of sp³-hybridized carbons (Fsp3) is 0.474. The van der Waals surface area contributed by atoms with Crippen LogP contribution in [0.2, 0.25) is 0 Å². The summed E-state index contributed by atoms with van der Waals surface area (Å²) in [6, 6.07) is 0. The van der Waals surface area contributed by atoms with Crippen molar-refractivity contribution in [1.82, 2.24) is 5.32 Å². The molecule has 5 nitrogen and oxygen atoms in total. The van der Waals surface area contributed by atoms with Crippen molar-refractivity contribution in [3.05, 3.63) is 33.4 Å². The molecule has 0 unspecified atom stereocenters. The van der Waals surface area contributed by atoms with E-state index in [9.17, 15) is 14.7 Å². The first-order chi connectivity index (χ1) is 11.0. The molecule has 1 aromatic carbocycles. The fourth-order valence-electron chi connectivity index (χ4n) is 2.74. The molecule has 0 spiro atoms. The van der Waals surface area contributed by atoms with Gasteiger partial charge in [-0.05, 0) is 63.8 Å². The lowest BCUT2D eigenvalue weighted by Gasteiger charge is -2.21. The Morgan fingerprint density at radius 3 is 2.21 bits per heavy atom. The highest BCUT2D eigenvalue weighted by atomic mass is 16.6. The number of aromatic carboxylic acids is 1. The summed E-state index contributed by atoms with van der Waals surface area (Å²) in [6.45, 7) is 11.1. The number of carboxylic acid groups (broad SMARTS) is 1. The van der Waals surface area contributed by atoms with Crippen molar-refractivity contribution in [1.29, 1.82) is 0 Å². The monoisotopic (exact) mass is 331 g/mol. The second-order valence-corrected chi connectivity index (χ2v) is 6.74. The Hall–Kier alpha value is -2.32. The average molecular weight is 331 g/mol. The Labute approximate surface area is 143 Å². The summed E-state index contributed by atoms with van der Waals surface area (Å²) < 4.78 is 5.23. The Morgan fingerprint density at radius 1 is 1.17 bits per heavy atom. The highest BCUT2D eigenvalue weighted by Crippen LogP contribution is 2.26. The van der Waals surface area contributed by atoms with E-state index in [2.05, 4.69) is 11.2 Å². The Balaban J connectivity index is 3.05. The first-order valence-electron chi connectivity index (χ1n) is 7.74. The molecule has 0 saturated carbocycles. The molecule has 24 heavy (non-hydrogen) atoms. The molecule has 0 bridgehead atoms. The number of nitrogens with one attached hydrogen (secondary N) is 1. The van der Waals surface area contributed by atoms with Gasteiger partial charge in [-0.15, -0.1) is 6.42 Å². The standard InChI is InChI=1S/C19H25NO4/c1-8-14-11(2)15(13(4)17(12(14)3)18(22)23)9-20-10-16(21)24-19(5,6)7/h1,20H,9-10H2,2-7H3,(H,22,23). The van der Waals surface area contributed by atoms with Gasteiger partial charge in [-0.2, -0.15) is 0 Å². The van der Waals surface area contributed by atoms with Gasteiger partial charge in [0.15, 0.2) is 0 Å². The van der Waals surface area contributed by atoms with Crippen LogP contribution in [0.3, 0.4) is 0 Å². The lowest BCUT2D eigenvalue weighted by atomic mass is 9.88. The third-order valence-electron chi connectivity index (χ3n) is 3.75. The van der Waals surface area contributed by atoms with Gasteiger partial charge in [0.2, 0.25) is 0 Å². The summed E-state index contributed by atoms with van der Waals surface area (Å²) in [6.07, 6.45) is 5.55. The molecule has 0 aromatic heterocycles. The number of terminal acetylenes is 1. The van der Waals surface area contributed by atoms with Gasteiger partial charge >= 0.3 is 11.9 Å². The quantitative estimate of drug-likeness (QED) is 0.641. The number of carbonyl (C=O) groups excluding carboxylic acids is 1. The van der Waals surface area contributed by atoms with Crippen molar-refractivity contribution < 1.29 is 19.4 Å². The minimum atomic E-state index is -1.00. The number of hydrogen-bond donors (Lipinski definition) is 2. The number of esters is 1. The molecule has 2 N–H and O–H groups in total. The van der Waals surface area contributed by atoms with Crippen LogP contribution in [0.1, 0.15) is 58.9 Å². The maximum absolute atomic E-state index is 11.8. The molecule has 0 fully saturated rings. The van der Waals surface area contributed by atoms with Gasteiger partial charge in [0.1, 0.15) is 5.60 Å². The molecule has 0 amide bonds. The summed E-state index contributed by atoms with van der Waals surface area (Å²) in [5.74, 6) is 1.21. The van der Waals surface area contributed by atoms with E-state index in [4.69, 9.17) is 11.2 Å². The summed E-state index contributed by atoms with van der Waals surface area (Å²) in [5.41, 5.74) is 3.18. The number of ether oxygens (including phenoxy) is 1. The van der Waals surface area contributed by atoms with E-state index in [1.54, 1.807) is 34.6 Å². The smallest absolute Gasteiger partial charge is 0.336 e. The minimum absolute atomic E-state index is 0.0395. The van der Waals surface area contributed by atoms with Gasteiger partial charge in [0.05, 0.1) is 12.1 Å². The first kappa shape index (κ1) is 19.7. The zero-order valence-electron chi connectivity index (χ0n) is 15.2. The van der Waals surface area contributed by atoms with Gasteiger partial charge in [-0.3, -0.25) is 4.79 Å². The maximum atomic E-state index is 11.8. The minimum Gasteiger partial charge on any atom is -0.478 e. The normalized spacial score (nSPS) is 11.0. The molecule has 0 saturated heterocycles. The van der Waals surface area contributed by atoms with E-state index in [0.29, 0.717) is 23.2 Å². The lowest BCUT2D eigenvalue weighted by molar-refractivity contribution is -0.153. The summed E-state index contributed by atoms with van der Waals surface area (Å²) >= 11 is 0. The van der Waals surface area contributed by atoms with Gasteiger partial charge in [0, 0.05) is 12.1 Å². The molecule has 0 aliphatic heterocycles. The number of carbonyl (C=O) groups is 2. The zero-order chi connectivity index (χ0) is 18.7. The van der Waals surface area contributed by atoms with Gasteiger partial charge in [-0.25, -0.2) is 4.79 Å². The molecule has 0 aliphatic carbocycles. The number of rotatable bonds is 5. The van der Waals surface area contributed by atoms with Gasteiger partial charge in [-0.1, -0.05) is 5.92 Å². The fourth-order valence-corrected chi connectivity index (χ4v) is 2.74. The lowest BCUT2D eigenvalue weighted by Crippen LogP contribution is -2.31. The van der Waals surface area contributed by atoms with Gasteiger partial charge < -0.3 is 15.2 Å². The SMILES string of the molecule is C#Cc1c(C)c(CNCC(=O)OC(C)(C)C)c(C)c(C(=O)O)c1C. The van der Waals surface area contributed by atoms with Crippen LogP contribution in [0.15, 0.2) is 0 Å². The predicted molar refractivity (Wildman–Crippen MR) is 93.1 cm³/mol. The van der Waals surface area contributed by atoms with Crippen molar-refractivity contribution in [2.24, 2.45) is 0 Å². The van der Waals surface area contributed by atoms with Crippen LogP contribution < -0.4 is 5.32 Å². The highest BCUT2D eigenvalue weighted by Gasteiger charge is 2.21. The molecule has 0 radical (unpaired) electrons. The van der Waals surface area contributed by atoms with Crippen LogP contribution >= 0.6 is 0 Å². The summed E-state index contributed by atoms with van der Waals surface area (Å²) in [4.78, 5) is 23.3. The Kier molecular flexibility index (Phi) is 6.16. The molecule has 1 aromatic rings. The van der Waals surface area contributed by atoms with Crippen LogP contribution in [-0.4, -0.2) is 29.2 Å². The second-order valence-electron chi connectivity index (χ2n) is 6.74. The van der Waals surface area contributed by atoms with Crippen molar-refractivity contribution in [3.63, 3.8) is 0 Å². The van der Waals surface area contributed by atoms with E-state index in [0.717, 1.165) is 11.1 Å². The molecule has 0 atom stereocenters. The molecule has 1 rings (SSSR count). The summed E-state index contributed by atoms with van der Waals surface area (Å²) in [5, 5.41) is 12.5. The van der Waals surface area contributed by atoms with Crippen LogP contribution in [0.5, 0.6) is 0 Å². The van der Waals surface area contributed by atoms with Crippen LogP contribution in [0, 0.1) is 33.1 Å². The molecule has 5 heteroatoms. The average Bonchev–Trinajstić information content (AvgIpc) is 2.40. The van der Waals surface area contributed by atoms with Crippen molar-refractivity contribution >= 4 is 11.9 Å². The molecule has 130 valence electrons. The third kappa shape index (κ3) is 4.59. The highest BCUT2D eigenvalue weighted by molar-refractivity contribution is 5.92. The van der Waals surface area contributed by atoms with E-state index in [1.807, 2.05) is 6.92 Å². The Bertz CT molecular complexity index is 706.